The zero-order valence-corrected chi connectivity index (χ0v) is 10.3. The van der Waals surface area contributed by atoms with Crippen molar-refractivity contribution in [1.29, 1.82) is 0 Å². The zero-order valence-electron chi connectivity index (χ0n) is 9.51. The van der Waals surface area contributed by atoms with E-state index in [1.807, 2.05) is 11.8 Å². The first kappa shape index (κ1) is 10.8. The van der Waals surface area contributed by atoms with Crippen LogP contribution in [-0.2, 0) is 6.54 Å². The topological polar surface area (TPSA) is 51.0 Å². The summed E-state index contributed by atoms with van der Waals surface area (Å²) in [6.07, 6.45) is 0. The van der Waals surface area contributed by atoms with Gasteiger partial charge in [0.1, 0.15) is 0 Å². The van der Waals surface area contributed by atoms with E-state index in [4.69, 9.17) is 4.52 Å². The molecular weight excluding hydrogens is 234 g/mol. The van der Waals surface area contributed by atoms with Gasteiger partial charge in [0, 0.05) is 23.6 Å². The Kier molecular flexibility index (Phi) is 2.86. The molecule has 0 bridgehead atoms. The second-order valence-electron chi connectivity index (χ2n) is 4.01. The maximum atomic E-state index is 4.94. The van der Waals surface area contributed by atoms with Crippen LogP contribution in [0.25, 0.3) is 0 Å². The SMILES string of the molecule is Cc1nc(CNC2CSc3ccccc32)no1. The second kappa shape index (κ2) is 4.50. The van der Waals surface area contributed by atoms with Crippen molar-refractivity contribution in [3.05, 3.63) is 41.5 Å². The van der Waals surface area contributed by atoms with Crippen LogP contribution in [0, 0.1) is 6.92 Å². The summed E-state index contributed by atoms with van der Waals surface area (Å²) in [7, 11) is 0. The lowest BCUT2D eigenvalue weighted by atomic mass is 10.1. The fraction of sp³-hybridized carbons (Fsp3) is 0.333. The molecule has 0 spiro atoms. The van der Waals surface area contributed by atoms with Gasteiger partial charge in [-0.25, -0.2) is 0 Å². The molecule has 2 heterocycles. The minimum Gasteiger partial charge on any atom is -0.340 e. The van der Waals surface area contributed by atoms with Gasteiger partial charge in [-0.2, -0.15) is 4.98 Å². The second-order valence-corrected chi connectivity index (χ2v) is 5.07. The molecule has 1 aromatic heterocycles. The van der Waals surface area contributed by atoms with Gasteiger partial charge in [0.2, 0.25) is 5.89 Å². The minimum atomic E-state index is 0.384. The first-order valence-electron chi connectivity index (χ1n) is 5.57. The molecule has 1 atom stereocenters. The van der Waals surface area contributed by atoms with E-state index < -0.39 is 0 Å². The summed E-state index contributed by atoms with van der Waals surface area (Å²) in [6.45, 7) is 2.45. The predicted octanol–water partition coefficient (Wildman–Crippen LogP) is 2.31. The summed E-state index contributed by atoms with van der Waals surface area (Å²) in [5.74, 6) is 2.40. The Hall–Kier alpha value is -1.33. The summed E-state index contributed by atoms with van der Waals surface area (Å²) >= 11 is 1.89. The molecular formula is C12H13N3OS. The number of nitrogens with one attached hydrogen (secondary N) is 1. The number of benzene rings is 1. The molecule has 0 radical (unpaired) electrons. The van der Waals surface area contributed by atoms with Gasteiger partial charge in [0.25, 0.3) is 0 Å². The smallest absolute Gasteiger partial charge is 0.223 e. The molecule has 1 unspecified atom stereocenters. The first-order valence-corrected chi connectivity index (χ1v) is 6.56. The third-order valence-electron chi connectivity index (χ3n) is 2.78. The van der Waals surface area contributed by atoms with Crippen molar-refractivity contribution in [2.24, 2.45) is 0 Å². The van der Waals surface area contributed by atoms with Gasteiger partial charge in [0.15, 0.2) is 5.82 Å². The van der Waals surface area contributed by atoms with E-state index in [9.17, 15) is 0 Å². The van der Waals surface area contributed by atoms with E-state index in [1.54, 1.807) is 6.92 Å². The van der Waals surface area contributed by atoms with Crippen molar-refractivity contribution in [2.75, 3.05) is 5.75 Å². The molecule has 0 amide bonds. The highest BCUT2D eigenvalue weighted by atomic mass is 32.2. The average molecular weight is 247 g/mol. The predicted molar refractivity (Wildman–Crippen MR) is 65.8 cm³/mol. The normalized spacial score (nSPS) is 18.3. The van der Waals surface area contributed by atoms with Crippen LogP contribution in [0.5, 0.6) is 0 Å². The van der Waals surface area contributed by atoms with Gasteiger partial charge >= 0.3 is 0 Å². The maximum Gasteiger partial charge on any atom is 0.223 e. The molecule has 5 heteroatoms. The third-order valence-corrected chi connectivity index (χ3v) is 3.96. The number of rotatable bonds is 3. The average Bonchev–Trinajstić information content (AvgIpc) is 2.93. The maximum absolute atomic E-state index is 4.94. The molecule has 0 saturated heterocycles. The van der Waals surface area contributed by atoms with Crippen LogP contribution in [0.3, 0.4) is 0 Å². The van der Waals surface area contributed by atoms with Crippen LogP contribution in [0.1, 0.15) is 23.3 Å². The van der Waals surface area contributed by atoms with E-state index in [0.29, 0.717) is 18.5 Å². The van der Waals surface area contributed by atoms with Gasteiger partial charge in [-0.3, -0.25) is 0 Å². The molecule has 3 rings (SSSR count). The van der Waals surface area contributed by atoms with Crippen LogP contribution >= 0.6 is 11.8 Å². The number of aryl methyl sites for hydroxylation is 1. The summed E-state index contributed by atoms with van der Waals surface area (Å²) in [5.41, 5.74) is 1.37. The van der Waals surface area contributed by atoms with Crippen LogP contribution < -0.4 is 5.32 Å². The number of hydrogen-bond acceptors (Lipinski definition) is 5. The standard InChI is InChI=1S/C12H13N3OS/c1-8-14-12(15-16-8)6-13-10-7-17-11-5-3-2-4-9(10)11/h2-5,10,13H,6-7H2,1H3. The molecule has 0 saturated carbocycles. The third kappa shape index (κ3) is 2.21. The monoisotopic (exact) mass is 247 g/mol. The largest absolute Gasteiger partial charge is 0.340 e. The molecule has 1 aromatic carbocycles. The fourth-order valence-electron chi connectivity index (χ4n) is 1.96. The Morgan fingerprint density at radius 2 is 2.35 bits per heavy atom. The summed E-state index contributed by atoms with van der Waals surface area (Å²) in [4.78, 5) is 5.55. The highest BCUT2D eigenvalue weighted by molar-refractivity contribution is 7.99. The van der Waals surface area contributed by atoms with Crippen LogP contribution in [-0.4, -0.2) is 15.9 Å². The summed E-state index contributed by atoms with van der Waals surface area (Å²) in [6, 6.07) is 8.89. The van der Waals surface area contributed by atoms with Gasteiger partial charge in [-0.15, -0.1) is 11.8 Å². The molecule has 17 heavy (non-hydrogen) atoms. The van der Waals surface area contributed by atoms with Crippen LogP contribution in [0.2, 0.25) is 0 Å². The quantitative estimate of drug-likeness (QED) is 0.902. The Morgan fingerprint density at radius 1 is 1.47 bits per heavy atom. The lowest BCUT2D eigenvalue weighted by Crippen LogP contribution is -2.21. The number of aromatic nitrogens is 2. The molecule has 88 valence electrons. The fourth-order valence-corrected chi connectivity index (χ4v) is 3.15. The number of thioether (sulfide) groups is 1. The van der Waals surface area contributed by atoms with Crippen molar-refractivity contribution in [3.8, 4) is 0 Å². The minimum absolute atomic E-state index is 0.384. The molecule has 2 aromatic rings. The number of nitrogens with zero attached hydrogens (tertiary/aromatic N) is 2. The number of fused-ring (bicyclic) bond motifs is 1. The van der Waals surface area contributed by atoms with Gasteiger partial charge < -0.3 is 9.84 Å². The molecule has 0 aliphatic carbocycles. The van der Waals surface area contributed by atoms with Gasteiger partial charge in [0.05, 0.1) is 6.54 Å². The Bertz CT molecular complexity index is 526. The first-order chi connectivity index (χ1) is 8.33. The summed E-state index contributed by atoms with van der Waals surface area (Å²) < 4.78 is 4.94. The van der Waals surface area contributed by atoms with Crippen LogP contribution in [0.4, 0.5) is 0 Å². The molecule has 0 fully saturated rings. The Labute approximate surface area is 104 Å². The van der Waals surface area contributed by atoms with Crippen LogP contribution in [0.15, 0.2) is 33.7 Å². The van der Waals surface area contributed by atoms with Crippen molar-refractivity contribution >= 4 is 11.8 Å². The molecule has 4 nitrogen and oxygen atoms in total. The summed E-state index contributed by atoms with van der Waals surface area (Å²) in [5, 5.41) is 7.34. The van der Waals surface area contributed by atoms with Crippen molar-refractivity contribution < 1.29 is 4.52 Å². The van der Waals surface area contributed by atoms with E-state index in [2.05, 4.69) is 39.7 Å². The van der Waals surface area contributed by atoms with Gasteiger partial charge in [-0.1, -0.05) is 23.4 Å². The van der Waals surface area contributed by atoms with Crippen molar-refractivity contribution in [2.45, 2.75) is 24.4 Å². The lowest BCUT2D eigenvalue weighted by Gasteiger charge is -2.11. The Balaban J connectivity index is 1.68. The zero-order chi connectivity index (χ0) is 11.7. The van der Waals surface area contributed by atoms with E-state index >= 15 is 0 Å². The molecule has 1 aliphatic heterocycles. The molecule has 1 N–H and O–H groups in total. The van der Waals surface area contributed by atoms with Crippen molar-refractivity contribution in [1.82, 2.24) is 15.5 Å². The molecule has 1 aliphatic rings. The van der Waals surface area contributed by atoms with Gasteiger partial charge in [-0.05, 0) is 11.6 Å². The highest BCUT2D eigenvalue weighted by Crippen LogP contribution is 2.37. The lowest BCUT2D eigenvalue weighted by molar-refractivity contribution is 0.384. The van der Waals surface area contributed by atoms with E-state index in [0.717, 1.165) is 11.6 Å². The van der Waals surface area contributed by atoms with E-state index in [-0.39, 0.29) is 0 Å². The van der Waals surface area contributed by atoms with E-state index in [1.165, 1.54) is 10.5 Å². The number of hydrogen-bond donors (Lipinski definition) is 1. The van der Waals surface area contributed by atoms with Crippen molar-refractivity contribution in [3.63, 3.8) is 0 Å². The Morgan fingerprint density at radius 3 is 3.18 bits per heavy atom. The highest BCUT2D eigenvalue weighted by Gasteiger charge is 2.22.